The lowest BCUT2D eigenvalue weighted by Crippen LogP contribution is -2.35. The molecule has 18 heavy (non-hydrogen) atoms. The van der Waals surface area contributed by atoms with Gasteiger partial charge in [0.1, 0.15) is 0 Å². The molecular formula is C14H18N2O2. The molecule has 0 bridgehead atoms. The summed E-state index contributed by atoms with van der Waals surface area (Å²) in [6.45, 7) is 2.22. The van der Waals surface area contributed by atoms with Gasteiger partial charge in [0.15, 0.2) is 0 Å². The number of nitrogens with zero attached hydrogens (tertiary/aromatic N) is 1. The molecule has 1 aromatic rings. The molecule has 1 amide bonds. The van der Waals surface area contributed by atoms with Gasteiger partial charge in [0, 0.05) is 31.2 Å². The van der Waals surface area contributed by atoms with E-state index in [2.05, 4.69) is 5.32 Å². The summed E-state index contributed by atoms with van der Waals surface area (Å²) in [6.07, 6.45) is 2.14. The number of rotatable bonds is 4. The molecule has 0 atom stereocenters. The Balaban J connectivity index is 1.82. The number of carbonyl (C=O) groups is 1. The van der Waals surface area contributed by atoms with Crippen molar-refractivity contribution in [1.29, 1.82) is 0 Å². The van der Waals surface area contributed by atoms with Crippen molar-refractivity contribution in [1.82, 2.24) is 10.2 Å². The molecule has 2 aliphatic rings. The van der Waals surface area contributed by atoms with Crippen molar-refractivity contribution in [2.24, 2.45) is 0 Å². The lowest BCUT2D eigenvalue weighted by atomic mass is 10.1. The molecule has 0 saturated heterocycles. The van der Waals surface area contributed by atoms with E-state index in [1.165, 1.54) is 11.1 Å². The van der Waals surface area contributed by atoms with Crippen LogP contribution in [-0.4, -0.2) is 35.1 Å². The minimum atomic E-state index is 0.0364. The molecule has 1 fully saturated rings. The molecule has 0 unspecified atom stereocenters. The summed E-state index contributed by atoms with van der Waals surface area (Å²) in [5, 5.41) is 12.3. The lowest BCUT2D eigenvalue weighted by Gasteiger charge is -2.21. The molecule has 0 spiro atoms. The van der Waals surface area contributed by atoms with Crippen LogP contribution in [0.4, 0.5) is 0 Å². The fraction of sp³-hybridized carbons (Fsp3) is 0.500. The van der Waals surface area contributed by atoms with Crippen molar-refractivity contribution >= 4 is 5.91 Å². The van der Waals surface area contributed by atoms with E-state index in [1.54, 1.807) is 0 Å². The maximum Gasteiger partial charge on any atom is 0.254 e. The van der Waals surface area contributed by atoms with Crippen LogP contribution in [0.2, 0.25) is 0 Å². The highest BCUT2D eigenvalue weighted by Gasteiger charge is 2.32. The summed E-state index contributed by atoms with van der Waals surface area (Å²) >= 11 is 0. The first-order valence-electron chi connectivity index (χ1n) is 6.54. The van der Waals surface area contributed by atoms with Crippen LogP contribution in [0.5, 0.6) is 0 Å². The maximum absolute atomic E-state index is 12.4. The summed E-state index contributed by atoms with van der Waals surface area (Å²) in [7, 11) is 0. The molecule has 2 N–H and O–H groups in total. The third-order valence-corrected chi connectivity index (χ3v) is 3.67. The highest BCUT2D eigenvalue weighted by atomic mass is 16.3. The van der Waals surface area contributed by atoms with Crippen molar-refractivity contribution in [3.05, 3.63) is 34.9 Å². The summed E-state index contributed by atoms with van der Waals surface area (Å²) in [6, 6.07) is 6.27. The summed E-state index contributed by atoms with van der Waals surface area (Å²) < 4.78 is 0. The number of hydrogen-bond acceptors (Lipinski definition) is 3. The number of carbonyl (C=O) groups excluding carboxylic acids is 1. The van der Waals surface area contributed by atoms with Crippen molar-refractivity contribution in [3.63, 3.8) is 0 Å². The van der Waals surface area contributed by atoms with Crippen molar-refractivity contribution in [2.75, 3.05) is 13.2 Å². The number of benzene rings is 1. The number of aliphatic hydroxyl groups excluding tert-OH is 1. The first-order chi connectivity index (χ1) is 8.79. The van der Waals surface area contributed by atoms with Crippen molar-refractivity contribution in [2.45, 2.75) is 32.0 Å². The molecular weight excluding hydrogens is 228 g/mol. The van der Waals surface area contributed by atoms with Crippen molar-refractivity contribution in [3.8, 4) is 0 Å². The zero-order chi connectivity index (χ0) is 12.5. The molecule has 96 valence electrons. The fourth-order valence-electron chi connectivity index (χ4n) is 2.54. The Morgan fingerprint density at radius 1 is 1.33 bits per heavy atom. The Bertz CT molecular complexity index is 469. The second-order valence-electron chi connectivity index (χ2n) is 5.04. The Kier molecular flexibility index (Phi) is 3.06. The highest BCUT2D eigenvalue weighted by Crippen LogP contribution is 2.28. The predicted octanol–water partition coefficient (Wildman–Crippen LogP) is 0.887. The number of aliphatic hydroxyl groups is 1. The SMILES string of the molecule is O=C(c1ccc2c(c1)CNC2)N(CCO)C1CC1. The van der Waals surface area contributed by atoms with E-state index in [1.807, 2.05) is 23.1 Å². The topological polar surface area (TPSA) is 52.6 Å². The van der Waals surface area contributed by atoms with Gasteiger partial charge in [-0.15, -0.1) is 0 Å². The predicted molar refractivity (Wildman–Crippen MR) is 68.1 cm³/mol. The van der Waals surface area contributed by atoms with Crippen LogP contribution < -0.4 is 5.32 Å². The van der Waals surface area contributed by atoms with Gasteiger partial charge < -0.3 is 15.3 Å². The van der Waals surface area contributed by atoms with Crippen molar-refractivity contribution < 1.29 is 9.90 Å². The van der Waals surface area contributed by atoms with E-state index in [0.29, 0.717) is 12.6 Å². The summed E-state index contributed by atoms with van der Waals surface area (Å²) in [4.78, 5) is 14.2. The number of amides is 1. The van der Waals surface area contributed by atoms with Crippen LogP contribution in [-0.2, 0) is 13.1 Å². The van der Waals surface area contributed by atoms with Crippen LogP contribution in [0.25, 0.3) is 0 Å². The minimum absolute atomic E-state index is 0.0364. The van der Waals surface area contributed by atoms with Gasteiger partial charge >= 0.3 is 0 Å². The molecule has 4 heteroatoms. The second kappa shape index (κ2) is 4.71. The number of fused-ring (bicyclic) bond motifs is 1. The monoisotopic (exact) mass is 246 g/mol. The Morgan fingerprint density at radius 3 is 2.83 bits per heavy atom. The van der Waals surface area contributed by atoms with E-state index in [-0.39, 0.29) is 12.5 Å². The smallest absolute Gasteiger partial charge is 0.254 e. The zero-order valence-electron chi connectivity index (χ0n) is 10.4. The molecule has 4 nitrogen and oxygen atoms in total. The second-order valence-corrected chi connectivity index (χ2v) is 5.04. The average molecular weight is 246 g/mol. The highest BCUT2D eigenvalue weighted by molar-refractivity contribution is 5.95. The van der Waals surface area contributed by atoms with E-state index in [9.17, 15) is 4.79 Å². The van der Waals surface area contributed by atoms with E-state index >= 15 is 0 Å². The van der Waals surface area contributed by atoms with E-state index in [4.69, 9.17) is 5.11 Å². The van der Waals surface area contributed by atoms with E-state index < -0.39 is 0 Å². The van der Waals surface area contributed by atoms with Gasteiger partial charge in [0.05, 0.1) is 6.61 Å². The van der Waals surface area contributed by atoms with Gasteiger partial charge in [-0.25, -0.2) is 0 Å². The molecule has 3 rings (SSSR count). The van der Waals surface area contributed by atoms with Crippen LogP contribution in [0.1, 0.15) is 34.3 Å². The lowest BCUT2D eigenvalue weighted by molar-refractivity contribution is 0.0707. The third kappa shape index (κ3) is 2.13. The van der Waals surface area contributed by atoms with Gasteiger partial charge in [0.25, 0.3) is 5.91 Å². The first kappa shape index (κ1) is 11.7. The Labute approximate surface area is 107 Å². The Hall–Kier alpha value is -1.39. The molecule has 1 heterocycles. The molecule has 1 aromatic carbocycles. The van der Waals surface area contributed by atoms with Gasteiger partial charge in [-0.05, 0) is 36.1 Å². The van der Waals surface area contributed by atoms with Crippen LogP contribution in [0.15, 0.2) is 18.2 Å². The maximum atomic E-state index is 12.4. The zero-order valence-corrected chi connectivity index (χ0v) is 10.4. The number of hydrogen-bond donors (Lipinski definition) is 2. The largest absolute Gasteiger partial charge is 0.395 e. The first-order valence-corrected chi connectivity index (χ1v) is 6.54. The summed E-state index contributed by atoms with van der Waals surface area (Å²) in [5.41, 5.74) is 3.25. The van der Waals surface area contributed by atoms with Gasteiger partial charge in [-0.2, -0.15) is 0 Å². The van der Waals surface area contributed by atoms with Crippen LogP contribution in [0, 0.1) is 0 Å². The molecule has 0 radical (unpaired) electrons. The van der Waals surface area contributed by atoms with Gasteiger partial charge in [-0.1, -0.05) is 6.07 Å². The quantitative estimate of drug-likeness (QED) is 0.829. The van der Waals surface area contributed by atoms with Gasteiger partial charge in [0.2, 0.25) is 0 Å². The summed E-state index contributed by atoms with van der Waals surface area (Å²) in [5.74, 6) is 0.0567. The fourth-order valence-corrected chi connectivity index (χ4v) is 2.54. The molecule has 1 aliphatic carbocycles. The molecule has 0 aromatic heterocycles. The molecule has 1 aliphatic heterocycles. The van der Waals surface area contributed by atoms with Crippen LogP contribution in [0.3, 0.4) is 0 Å². The third-order valence-electron chi connectivity index (χ3n) is 3.67. The Morgan fingerprint density at radius 2 is 2.11 bits per heavy atom. The normalized spacial score (nSPS) is 17.6. The average Bonchev–Trinajstić information content (AvgIpc) is 3.12. The molecule has 1 saturated carbocycles. The van der Waals surface area contributed by atoms with Crippen LogP contribution >= 0.6 is 0 Å². The standard InChI is InChI=1S/C14H18N2O2/c17-6-5-16(13-3-4-13)14(18)10-1-2-11-8-15-9-12(11)7-10/h1-2,7,13,15,17H,3-6,8-9H2. The van der Waals surface area contributed by atoms with Gasteiger partial charge in [-0.3, -0.25) is 4.79 Å². The van der Waals surface area contributed by atoms with E-state index in [0.717, 1.165) is 31.5 Å². The number of nitrogens with one attached hydrogen (secondary N) is 1. The minimum Gasteiger partial charge on any atom is -0.395 e.